The zero-order chi connectivity index (χ0) is 56.1. The molecule has 0 saturated heterocycles. The zero-order valence-electron chi connectivity index (χ0n) is 46.6. The molecule has 0 amide bonds. The van der Waals surface area contributed by atoms with Gasteiger partial charge in [-0.1, -0.05) is 214 Å². The highest BCUT2D eigenvalue weighted by atomic mass is 15.1. The minimum Gasteiger partial charge on any atom is -0.309 e. The van der Waals surface area contributed by atoms with E-state index in [2.05, 4.69) is 269 Å². The summed E-state index contributed by atoms with van der Waals surface area (Å²) in [4.78, 5) is 16.2. The minimum absolute atomic E-state index is 0.249. The lowest BCUT2D eigenvalue weighted by molar-refractivity contribution is 0.666. The van der Waals surface area contributed by atoms with E-state index in [0.29, 0.717) is 17.5 Å². The van der Waals surface area contributed by atoms with Gasteiger partial charge in [0.05, 0.1) is 44.1 Å². The van der Waals surface area contributed by atoms with Crippen LogP contribution in [0.5, 0.6) is 0 Å². The van der Waals surface area contributed by atoms with E-state index < -0.39 is 0 Å². The maximum atomic E-state index is 5.47. The van der Waals surface area contributed by atoms with Gasteiger partial charge in [-0.05, 0) is 95.1 Å². The second-order valence-corrected chi connectivity index (χ2v) is 23.1. The average molecular weight is 1090 g/mol. The fraction of sp³-hybridized carbons (Fsp3) is 0.0385. The molecule has 18 rings (SSSR count). The van der Waals surface area contributed by atoms with Crippen LogP contribution in [0.1, 0.15) is 25.0 Å². The van der Waals surface area contributed by atoms with Crippen LogP contribution in [-0.2, 0) is 5.41 Å². The third kappa shape index (κ3) is 6.74. The van der Waals surface area contributed by atoms with Gasteiger partial charge in [0, 0.05) is 87.9 Å². The van der Waals surface area contributed by atoms with Crippen molar-refractivity contribution in [3.05, 3.63) is 284 Å². The number of hydrogen-bond acceptors (Lipinski definition) is 3. The molecular formula is C78H51N7. The lowest BCUT2D eigenvalue weighted by atomic mass is 9.80. The van der Waals surface area contributed by atoms with Crippen molar-refractivity contribution in [2.24, 2.45) is 0 Å². The lowest BCUT2D eigenvalue weighted by Crippen LogP contribution is -2.15. The first-order valence-corrected chi connectivity index (χ1v) is 29.2. The summed E-state index contributed by atoms with van der Waals surface area (Å²) in [5, 5.41) is 9.54. The van der Waals surface area contributed by atoms with Crippen LogP contribution < -0.4 is 0 Å². The van der Waals surface area contributed by atoms with Crippen molar-refractivity contribution < 1.29 is 0 Å². The van der Waals surface area contributed by atoms with E-state index in [-0.39, 0.29) is 5.41 Å². The predicted octanol–water partition coefficient (Wildman–Crippen LogP) is 19.6. The topological polar surface area (TPSA) is 58.4 Å². The van der Waals surface area contributed by atoms with E-state index in [0.717, 1.165) is 89.0 Å². The molecular weight excluding hydrogens is 1030 g/mol. The second kappa shape index (κ2) is 17.9. The van der Waals surface area contributed by atoms with Gasteiger partial charge in [0.15, 0.2) is 17.5 Å². The van der Waals surface area contributed by atoms with Gasteiger partial charge < -0.3 is 18.3 Å². The van der Waals surface area contributed by atoms with E-state index in [9.17, 15) is 0 Å². The van der Waals surface area contributed by atoms with Crippen LogP contribution in [0.25, 0.3) is 155 Å². The standard InChI is InChI=1S/C78H51N7/c1-78(2)61-38-20-15-33-55(61)56-43-44-66-67(71(56)78)57-34-16-21-39-62(57)82(66)53-45-50(77-80-75(48-25-7-3-8-26-48)79-76(81-77)49-27-9-4-10-28-49)46-54(47-53)85-65-42-24-19-37-60(65)70-73-68(58-35-17-22-40-63(58)83(73)51-29-11-5-12-30-51)72-69(74(70)85)59-36-18-23-41-64(59)84(72)52-31-13-6-14-32-52/h3-47H,1-2H3. The molecule has 0 aliphatic heterocycles. The normalized spacial score (nSPS) is 12.9. The Morgan fingerprint density at radius 1 is 0.271 bits per heavy atom. The molecule has 0 spiro atoms. The molecule has 5 aromatic heterocycles. The largest absolute Gasteiger partial charge is 0.309 e. The van der Waals surface area contributed by atoms with Gasteiger partial charge in [-0.3, -0.25) is 0 Å². The van der Waals surface area contributed by atoms with Crippen LogP contribution in [0.15, 0.2) is 273 Å². The highest BCUT2D eigenvalue weighted by molar-refractivity contribution is 6.40. The summed E-state index contributed by atoms with van der Waals surface area (Å²) < 4.78 is 10.1. The van der Waals surface area contributed by atoms with E-state index in [1.54, 1.807) is 0 Å². The molecule has 7 heteroatoms. The smallest absolute Gasteiger partial charge is 0.164 e. The molecule has 0 unspecified atom stereocenters. The minimum atomic E-state index is -0.249. The Kier molecular flexibility index (Phi) is 10.0. The molecule has 1 aliphatic rings. The maximum Gasteiger partial charge on any atom is 0.164 e. The monoisotopic (exact) mass is 1090 g/mol. The third-order valence-electron chi connectivity index (χ3n) is 18.1. The van der Waals surface area contributed by atoms with Crippen LogP contribution in [-0.4, -0.2) is 33.2 Å². The molecule has 0 saturated carbocycles. The summed E-state index contributed by atoms with van der Waals surface area (Å²) in [7, 11) is 0. The first kappa shape index (κ1) is 47.5. The zero-order valence-corrected chi connectivity index (χ0v) is 46.6. The van der Waals surface area contributed by atoms with Gasteiger partial charge in [0.25, 0.3) is 0 Å². The van der Waals surface area contributed by atoms with E-state index >= 15 is 0 Å². The molecule has 0 radical (unpaired) electrons. The Labute approximate surface area is 489 Å². The maximum absolute atomic E-state index is 5.47. The van der Waals surface area contributed by atoms with Gasteiger partial charge in [-0.15, -0.1) is 0 Å². The average Bonchev–Trinajstić information content (AvgIpc) is 1.54. The Hall–Kier alpha value is -11.2. The summed E-state index contributed by atoms with van der Waals surface area (Å²) in [5.74, 6) is 1.79. The number of fused-ring (bicyclic) bond motifs is 19. The van der Waals surface area contributed by atoms with Gasteiger partial charge in [0.2, 0.25) is 0 Å². The van der Waals surface area contributed by atoms with Crippen LogP contribution in [0, 0.1) is 0 Å². The number of hydrogen-bond donors (Lipinski definition) is 0. The molecule has 17 aromatic rings. The van der Waals surface area contributed by atoms with Crippen molar-refractivity contribution in [1.29, 1.82) is 0 Å². The molecule has 0 atom stereocenters. The molecule has 0 bridgehead atoms. The summed E-state index contributed by atoms with van der Waals surface area (Å²) in [6, 6.07) is 99.0. The van der Waals surface area contributed by atoms with Gasteiger partial charge in [-0.25, -0.2) is 15.0 Å². The number of nitrogens with zero attached hydrogens (tertiary/aromatic N) is 7. The summed E-state index contributed by atoms with van der Waals surface area (Å²) in [6.07, 6.45) is 0. The van der Waals surface area contributed by atoms with Crippen molar-refractivity contribution >= 4 is 87.2 Å². The molecule has 398 valence electrons. The van der Waals surface area contributed by atoms with Crippen molar-refractivity contribution in [3.8, 4) is 68.0 Å². The Balaban J connectivity index is 1.04. The lowest BCUT2D eigenvalue weighted by Gasteiger charge is -2.22. The molecule has 85 heavy (non-hydrogen) atoms. The highest BCUT2D eigenvalue weighted by Crippen LogP contribution is 2.54. The first-order valence-electron chi connectivity index (χ1n) is 29.2. The van der Waals surface area contributed by atoms with Crippen LogP contribution in [0.2, 0.25) is 0 Å². The van der Waals surface area contributed by atoms with E-state index in [1.807, 2.05) is 36.4 Å². The van der Waals surface area contributed by atoms with Crippen LogP contribution in [0.4, 0.5) is 0 Å². The Bertz CT molecular complexity index is 5480. The van der Waals surface area contributed by atoms with Crippen molar-refractivity contribution in [2.75, 3.05) is 0 Å². The number of benzene rings is 12. The Morgan fingerprint density at radius 2 is 0.635 bits per heavy atom. The van der Waals surface area contributed by atoms with Crippen LogP contribution >= 0.6 is 0 Å². The number of aromatic nitrogens is 7. The van der Waals surface area contributed by atoms with E-state index in [4.69, 9.17) is 15.0 Å². The molecule has 12 aromatic carbocycles. The fourth-order valence-corrected chi connectivity index (χ4v) is 14.6. The molecule has 1 aliphatic carbocycles. The molecule has 7 nitrogen and oxygen atoms in total. The molecule has 0 fully saturated rings. The predicted molar refractivity (Wildman–Crippen MR) is 351 cm³/mol. The molecule has 5 heterocycles. The summed E-state index contributed by atoms with van der Waals surface area (Å²) in [5.41, 5.74) is 20.9. The Morgan fingerprint density at radius 3 is 1.12 bits per heavy atom. The number of rotatable bonds is 7. The van der Waals surface area contributed by atoms with Gasteiger partial charge >= 0.3 is 0 Å². The number of para-hydroxylation sites is 6. The fourth-order valence-electron chi connectivity index (χ4n) is 14.6. The van der Waals surface area contributed by atoms with Crippen molar-refractivity contribution in [3.63, 3.8) is 0 Å². The highest BCUT2D eigenvalue weighted by Gasteiger charge is 2.38. The van der Waals surface area contributed by atoms with Crippen molar-refractivity contribution in [1.82, 2.24) is 33.2 Å². The van der Waals surface area contributed by atoms with Crippen molar-refractivity contribution in [2.45, 2.75) is 19.3 Å². The van der Waals surface area contributed by atoms with Gasteiger partial charge in [-0.2, -0.15) is 0 Å². The molecule has 0 N–H and O–H groups in total. The van der Waals surface area contributed by atoms with Gasteiger partial charge in [0.1, 0.15) is 0 Å². The SMILES string of the molecule is CC1(C)c2ccccc2-c2ccc3c(c21)c1ccccc1n3-c1cc(-c2nc(-c3ccccc3)nc(-c3ccccc3)n2)cc(-n2c3ccccc3c3c4c(c5ccccc5n4-c4ccccc4)c4c(c5ccccc5n4-c4ccccc4)c32)c1. The third-order valence-corrected chi connectivity index (χ3v) is 18.1. The van der Waals surface area contributed by atoms with Crippen LogP contribution in [0.3, 0.4) is 0 Å². The first-order chi connectivity index (χ1) is 42.0. The van der Waals surface area contributed by atoms with E-state index in [1.165, 1.54) is 60.0 Å². The summed E-state index contributed by atoms with van der Waals surface area (Å²) in [6.45, 7) is 4.78. The quantitative estimate of drug-likeness (QED) is 0.160. The second-order valence-electron chi connectivity index (χ2n) is 23.1. The summed E-state index contributed by atoms with van der Waals surface area (Å²) >= 11 is 0.